The van der Waals surface area contributed by atoms with Gasteiger partial charge in [-0.05, 0) is 23.3 Å². The van der Waals surface area contributed by atoms with Gasteiger partial charge in [-0.2, -0.15) is 4.57 Å². The lowest BCUT2D eigenvalue weighted by atomic mass is 10.1. The Balaban J connectivity index is 2.05. The number of hydrogen-bond donors (Lipinski definition) is 0. The Hall–Kier alpha value is -2.42. The average molecular weight is 281 g/mol. The van der Waals surface area contributed by atoms with Gasteiger partial charge in [0.05, 0.1) is 0 Å². The van der Waals surface area contributed by atoms with Gasteiger partial charge in [-0.15, -0.1) is 0 Å². The summed E-state index contributed by atoms with van der Waals surface area (Å²) in [7, 11) is 4.07. The normalized spacial score (nSPS) is 10.8. The number of anilines is 1. The molecule has 3 nitrogen and oxygen atoms in total. The minimum absolute atomic E-state index is 0.157. The lowest BCUT2D eigenvalue weighted by Crippen LogP contribution is -2.36. The van der Waals surface area contributed by atoms with Gasteiger partial charge in [-0.3, -0.25) is 4.79 Å². The summed E-state index contributed by atoms with van der Waals surface area (Å²) in [6.45, 7) is 2.02. The molecule has 0 fully saturated rings. The summed E-state index contributed by atoms with van der Waals surface area (Å²) in [5.41, 5.74) is 3.48. The summed E-state index contributed by atoms with van der Waals surface area (Å²) in [5, 5.41) is 0. The first-order chi connectivity index (χ1) is 10.0. The van der Waals surface area contributed by atoms with Crippen molar-refractivity contribution in [3.63, 3.8) is 0 Å². The minimum atomic E-state index is 0.157. The van der Waals surface area contributed by atoms with Gasteiger partial charge in [-0.25, -0.2) is 0 Å². The van der Waals surface area contributed by atoms with E-state index in [0.29, 0.717) is 6.54 Å². The molecule has 2 rings (SSSR count). The number of nitrogens with zero attached hydrogens (tertiary/aromatic N) is 2. The molecule has 0 bridgehead atoms. The second-order valence-corrected chi connectivity index (χ2v) is 5.33. The number of rotatable bonds is 5. The Morgan fingerprint density at radius 1 is 1.00 bits per heavy atom. The molecule has 0 aliphatic heterocycles. The highest BCUT2D eigenvalue weighted by atomic mass is 16.1. The molecule has 0 aliphatic rings. The van der Waals surface area contributed by atoms with E-state index in [1.54, 1.807) is 6.92 Å². The van der Waals surface area contributed by atoms with Crippen LogP contribution < -0.4 is 9.47 Å². The maximum Gasteiger partial charge on any atom is 0.206 e. The second-order valence-electron chi connectivity index (χ2n) is 5.33. The third-order valence-electron chi connectivity index (χ3n) is 3.20. The largest absolute Gasteiger partial charge is 0.378 e. The average Bonchev–Trinajstić information content (AvgIpc) is 2.46. The number of aromatic nitrogens is 1. The number of ketones is 1. The quantitative estimate of drug-likeness (QED) is 0.787. The number of carbonyl (C=O) groups excluding carboxylic acids is 1. The number of carbonyl (C=O) groups is 1. The van der Waals surface area contributed by atoms with Crippen molar-refractivity contribution in [1.82, 2.24) is 0 Å². The Kier molecular flexibility index (Phi) is 4.88. The first kappa shape index (κ1) is 15.0. The maximum atomic E-state index is 11.0. The number of Topliss-reactive ketones (excluding diaryl/α,β-unsaturated/α-hetero) is 1. The van der Waals surface area contributed by atoms with Gasteiger partial charge >= 0.3 is 0 Å². The van der Waals surface area contributed by atoms with E-state index < -0.39 is 0 Å². The van der Waals surface area contributed by atoms with Gasteiger partial charge in [0, 0.05) is 38.8 Å². The summed E-state index contributed by atoms with van der Waals surface area (Å²) in [6.07, 6.45) is 8.01. The number of benzene rings is 1. The van der Waals surface area contributed by atoms with Crippen LogP contribution in [0.5, 0.6) is 0 Å². The maximum absolute atomic E-state index is 11.0. The molecule has 3 heteroatoms. The van der Waals surface area contributed by atoms with E-state index >= 15 is 0 Å². The van der Waals surface area contributed by atoms with Crippen molar-refractivity contribution in [2.24, 2.45) is 0 Å². The zero-order chi connectivity index (χ0) is 15.2. The van der Waals surface area contributed by atoms with Crippen LogP contribution in [-0.4, -0.2) is 19.9 Å². The van der Waals surface area contributed by atoms with Gasteiger partial charge in [0.25, 0.3) is 0 Å². The van der Waals surface area contributed by atoms with Gasteiger partial charge in [0.2, 0.25) is 6.54 Å². The SMILES string of the molecule is CC(=O)C[n+]1ccc(/C=C/c2ccc(N(C)C)cc2)cc1. The molecule has 0 unspecified atom stereocenters. The zero-order valence-electron chi connectivity index (χ0n) is 12.8. The van der Waals surface area contributed by atoms with E-state index in [0.717, 1.165) is 5.56 Å². The fourth-order valence-electron chi connectivity index (χ4n) is 2.02. The van der Waals surface area contributed by atoms with Crippen molar-refractivity contribution in [3.05, 3.63) is 59.9 Å². The monoisotopic (exact) mass is 281 g/mol. The molecule has 108 valence electrons. The van der Waals surface area contributed by atoms with Crippen LogP contribution in [-0.2, 0) is 11.3 Å². The van der Waals surface area contributed by atoms with Crippen LogP contribution in [0.1, 0.15) is 18.1 Å². The molecule has 0 N–H and O–H groups in total. The van der Waals surface area contributed by atoms with Crippen molar-refractivity contribution in [1.29, 1.82) is 0 Å². The highest BCUT2D eigenvalue weighted by Gasteiger charge is 2.02. The summed E-state index contributed by atoms with van der Waals surface area (Å²) >= 11 is 0. The first-order valence-electron chi connectivity index (χ1n) is 6.98. The Morgan fingerprint density at radius 2 is 1.52 bits per heavy atom. The number of pyridine rings is 1. The molecule has 21 heavy (non-hydrogen) atoms. The first-order valence-corrected chi connectivity index (χ1v) is 6.98. The second kappa shape index (κ2) is 6.84. The van der Waals surface area contributed by atoms with Crippen LogP contribution in [0.15, 0.2) is 48.8 Å². The molecule has 1 aromatic heterocycles. The molecule has 1 heterocycles. The summed E-state index contributed by atoms with van der Waals surface area (Å²) in [5.74, 6) is 0.157. The topological polar surface area (TPSA) is 24.2 Å². The predicted molar refractivity (Wildman–Crippen MR) is 87.0 cm³/mol. The molecular weight excluding hydrogens is 260 g/mol. The third-order valence-corrected chi connectivity index (χ3v) is 3.20. The summed E-state index contributed by atoms with van der Waals surface area (Å²) < 4.78 is 1.88. The molecule has 0 saturated heterocycles. The summed E-state index contributed by atoms with van der Waals surface area (Å²) in [4.78, 5) is 13.1. The fourth-order valence-corrected chi connectivity index (χ4v) is 2.02. The van der Waals surface area contributed by atoms with Crippen molar-refractivity contribution in [3.8, 4) is 0 Å². The van der Waals surface area contributed by atoms with Crippen LogP contribution in [0.3, 0.4) is 0 Å². The molecular formula is C18H21N2O+. The predicted octanol–water partition coefficient (Wildman–Crippen LogP) is 2.80. The highest BCUT2D eigenvalue weighted by molar-refractivity contribution is 5.74. The molecule has 0 aliphatic carbocycles. The third kappa shape index (κ3) is 4.56. The van der Waals surface area contributed by atoms with Gasteiger partial charge < -0.3 is 4.90 Å². The zero-order valence-corrected chi connectivity index (χ0v) is 12.8. The minimum Gasteiger partial charge on any atom is -0.378 e. The standard InChI is InChI=1S/C18H21N2O/c1-15(21)14-20-12-10-17(11-13-20)5-4-16-6-8-18(9-7-16)19(2)3/h4-13H,14H2,1-3H3/q+1. The Labute approximate surface area is 126 Å². The molecule has 2 aromatic rings. The van der Waals surface area contributed by atoms with E-state index in [9.17, 15) is 4.79 Å². The van der Waals surface area contributed by atoms with Crippen molar-refractivity contribution < 1.29 is 9.36 Å². The van der Waals surface area contributed by atoms with E-state index in [1.165, 1.54) is 11.3 Å². The number of hydrogen-bond acceptors (Lipinski definition) is 2. The molecule has 0 saturated carbocycles. The van der Waals surface area contributed by atoms with Gasteiger partial charge in [0.15, 0.2) is 18.2 Å². The fraction of sp³-hybridized carbons (Fsp3) is 0.222. The Bertz CT molecular complexity index is 625. The molecule has 0 radical (unpaired) electrons. The molecule has 0 atom stereocenters. The van der Waals surface area contributed by atoms with Crippen molar-refractivity contribution >= 4 is 23.6 Å². The highest BCUT2D eigenvalue weighted by Crippen LogP contribution is 2.14. The van der Waals surface area contributed by atoms with Gasteiger partial charge in [-0.1, -0.05) is 24.3 Å². The molecule has 1 aromatic carbocycles. The summed E-state index contributed by atoms with van der Waals surface area (Å²) in [6, 6.07) is 12.4. The smallest absolute Gasteiger partial charge is 0.206 e. The van der Waals surface area contributed by atoms with E-state index in [1.807, 2.05) is 43.2 Å². The molecule has 0 spiro atoms. The van der Waals surface area contributed by atoms with Crippen molar-refractivity contribution in [2.45, 2.75) is 13.5 Å². The van der Waals surface area contributed by atoms with Crippen LogP contribution in [0, 0.1) is 0 Å². The van der Waals surface area contributed by atoms with Crippen LogP contribution in [0.4, 0.5) is 5.69 Å². The van der Waals surface area contributed by atoms with Crippen LogP contribution in [0.25, 0.3) is 12.2 Å². The molecule has 0 amide bonds. The van der Waals surface area contributed by atoms with Gasteiger partial charge in [0.1, 0.15) is 0 Å². The van der Waals surface area contributed by atoms with E-state index in [2.05, 4.69) is 41.3 Å². The lowest BCUT2D eigenvalue weighted by molar-refractivity contribution is -0.684. The van der Waals surface area contributed by atoms with Crippen molar-refractivity contribution in [2.75, 3.05) is 19.0 Å². The van der Waals surface area contributed by atoms with Crippen LogP contribution in [0.2, 0.25) is 0 Å². The lowest BCUT2D eigenvalue weighted by Gasteiger charge is -2.11. The van der Waals surface area contributed by atoms with E-state index in [-0.39, 0.29) is 5.78 Å². The van der Waals surface area contributed by atoms with Crippen LogP contribution >= 0.6 is 0 Å². The van der Waals surface area contributed by atoms with E-state index in [4.69, 9.17) is 0 Å². The Morgan fingerprint density at radius 3 is 2.00 bits per heavy atom.